The van der Waals surface area contributed by atoms with Gasteiger partial charge < -0.3 is 9.47 Å². The molecule has 1 amide bonds. The number of hydrogen-bond acceptors (Lipinski definition) is 7. The summed E-state index contributed by atoms with van der Waals surface area (Å²) in [5.74, 6) is -0.331. The molecule has 1 heterocycles. The minimum atomic E-state index is -0.687. The van der Waals surface area contributed by atoms with E-state index in [0.717, 1.165) is 11.6 Å². The van der Waals surface area contributed by atoms with Gasteiger partial charge in [0.1, 0.15) is 5.56 Å². The summed E-state index contributed by atoms with van der Waals surface area (Å²) in [7, 11) is 2.73. The molecule has 0 radical (unpaired) electrons. The standard InChI is InChI=1S/C18H14ClN3O5S/c1-26-15-7-11(14(22(24)25)8-16(15)27-2)17(23)21-18-20-13(9-28-18)10-5-3-4-6-12(10)19/h3-9H,1-2H3,(H,20,21,23). The average molecular weight is 420 g/mol. The van der Waals surface area contributed by atoms with Crippen molar-refractivity contribution in [3.63, 3.8) is 0 Å². The van der Waals surface area contributed by atoms with Gasteiger partial charge in [-0.25, -0.2) is 4.98 Å². The molecule has 28 heavy (non-hydrogen) atoms. The number of nitrogens with one attached hydrogen (secondary N) is 1. The van der Waals surface area contributed by atoms with Crippen molar-refractivity contribution in [1.82, 2.24) is 4.98 Å². The van der Waals surface area contributed by atoms with Crippen LogP contribution >= 0.6 is 22.9 Å². The lowest BCUT2D eigenvalue weighted by Crippen LogP contribution is -2.14. The molecule has 0 saturated heterocycles. The van der Waals surface area contributed by atoms with Crippen LogP contribution in [0.25, 0.3) is 11.3 Å². The third-order valence-corrected chi connectivity index (χ3v) is 4.90. The lowest BCUT2D eigenvalue weighted by Gasteiger charge is -2.10. The number of nitro groups is 1. The molecule has 144 valence electrons. The fourth-order valence-corrected chi connectivity index (χ4v) is 3.43. The summed E-state index contributed by atoms with van der Waals surface area (Å²) < 4.78 is 10.2. The molecule has 0 aliphatic rings. The Morgan fingerprint density at radius 2 is 1.89 bits per heavy atom. The number of hydrogen-bond donors (Lipinski definition) is 1. The van der Waals surface area contributed by atoms with Crippen LogP contribution in [0.2, 0.25) is 5.02 Å². The number of methoxy groups -OCH3 is 2. The van der Waals surface area contributed by atoms with E-state index in [1.165, 1.54) is 31.6 Å². The quantitative estimate of drug-likeness (QED) is 0.461. The van der Waals surface area contributed by atoms with Gasteiger partial charge in [0.2, 0.25) is 0 Å². The van der Waals surface area contributed by atoms with E-state index in [-0.39, 0.29) is 22.2 Å². The maximum Gasteiger partial charge on any atom is 0.286 e. The molecule has 0 unspecified atom stereocenters. The second-order valence-corrected chi connectivity index (χ2v) is 6.72. The summed E-state index contributed by atoms with van der Waals surface area (Å²) >= 11 is 7.34. The lowest BCUT2D eigenvalue weighted by atomic mass is 10.1. The Hall–Kier alpha value is -3.17. The number of nitrogens with zero attached hydrogens (tertiary/aromatic N) is 2. The minimum Gasteiger partial charge on any atom is -0.493 e. The first-order valence-corrected chi connectivity index (χ1v) is 9.12. The molecule has 3 rings (SSSR count). The number of benzene rings is 2. The van der Waals surface area contributed by atoms with E-state index in [2.05, 4.69) is 10.3 Å². The van der Waals surface area contributed by atoms with Gasteiger partial charge in [-0.15, -0.1) is 11.3 Å². The number of amides is 1. The molecule has 0 aliphatic heterocycles. The zero-order chi connectivity index (χ0) is 20.3. The predicted molar refractivity (Wildman–Crippen MR) is 107 cm³/mol. The van der Waals surface area contributed by atoms with Crippen LogP contribution in [0.4, 0.5) is 10.8 Å². The van der Waals surface area contributed by atoms with E-state index in [1.54, 1.807) is 17.5 Å². The average Bonchev–Trinajstić information content (AvgIpc) is 3.15. The second-order valence-electron chi connectivity index (χ2n) is 5.45. The predicted octanol–water partition coefficient (Wildman–Crippen LogP) is 4.64. The number of ether oxygens (including phenoxy) is 2. The van der Waals surface area contributed by atoms with Gasteiger partial charge in [0.25, 0.3) is 11.6 Å². The Kier molecular flexibility index (Phi) is 5.76. The van der Waals surface area contributed by atoms with Crippen LogP contribution in [0.15, 0.2) is 41.8 Å². The van der Waals surface area contributed by atoms with E-state index in [4.69, 9.17) is 21.1 Å². The largest absolute Gasteiger partial charge is 0.493 e. The van der Waals surface area contributed by atoms with Gasteiger partial charge in [0.15, 0.2) is 16.6 Å². The summed E-state index contributed by atoms with van der Waals surface area (Å²) in [4.78, 5) is 27.7. The highest BCUT2D eigenvalue weighted by atomic mass is 35.5. The SMILES string of the molecule is COc1cc(C(=O)Nc2nc(-c3ccccc3Cl)cs2)c([N+](=O)[O-])cc1OC. The Morgan fingerprint density at radius 1 is 1.21 bits per heavy atom. The van der Waals surface area contributed by atoms with Crippen LogP contribution < -0.4 is 14.8 Å². The molecule has 0 bridgehead atoms. The molecule has 1 N–H and O–H groups in total. The van der Waals surface area contributed by atoms with Crippen molar-refractivity contribution in [2.24, 2.45) is 0 Å². The highest BCUT2D eigenvalue weighted by molar-refractivity contribution is 7.14. The molecule has 0 spiro atoms. The highest BCUT2D eigenvalue weighted by Gasteiger charge is 2.25. The Bertz CT molecular complexity index is 1050. The van der Waals surface area contributed by atoms with Gasteiger partial charge in [-0.3, -0.25) is 20.2 Å². The van der Waals surface area contributed by atoms with E-state index in [1.807, 2.05) is 12.1 Å². The van der Waals surface area contributed by atoms with Crippen molar-refractivity contribution < 1.29 is 19.2 Å². The molecule has 0 atom stereocenters. The third-order valence-electron chi connectivity index (χ3n) is 3.82. The summed E-state index contributed by atoms with van der Waals surface area (Å²) in [6.07, 6.45) is 0. The lowest BCUT2D eigenvalue weighted by molar-refractivity contribution is -0.385. The van der Waals surface area contributed by atoms with Gasteiger partial charge in [-0.1, -0.05) is 29.8 Å². The molecular formula is C18H14ClN3O5S. The Labute approximate surface area is 168 Å². The topological polar surface area (TPSA) is 104 Å². The molecular weight excluding hydrogens is 406 g/mol. The second kappa shape index (κ2) is 8.24. The fourth-order valence-electron chi connectivity index (χ4n) is 2.49. The molecule has 1 aromatic heterocycles. The summed E-state index contributed by atoms with van der Waals surface area (Å²) in [5, 5.41) is 16.5. The number of rotatable bonds is 6. The molecule has 0 fully saturated rings. The van der Waals surface area contributed by atoms with E-state index < -0.39 is 16.5 Å². The Morgan fingerprint density at radius 3 is 2.54 bits per heavy atom. The summed E-state index contributed by atoms with van der Waals surface area (Å²) in [6.45, 7) is 0. The van der Waals surface area contributed by atoms with Crippen LogP contribution in [0.1, 0.15) is 10.4 Å². The number of carbonyl (C=O) groups is 1. The molecule has 0 aliphatic carbocycles. The van der Waals surface area contributed by atoms with E-state index in [0.29, 0.717) is 10.7 Å². The molecule has 3 aromatic rings. The first-order valence-electron chi connectivity index (χ1n) is 7.86. The molecule has 2 aromatic carbocycles. The zero-order valence-electron chi connectivity index (χ0n) is 14.8. The number of carbonyl (C=O) groups excluding carboxylic acids is 1. The van der Waals surface area contributed by atoms with Crippen LogP contribution in [-0.4, -0.2) is 30.0 Å². The normalized spacial score (nSPS) is 10.4. The first-order chi connectivity index (χ1) is 13.4. The maximum atomic E-state index is 12.6. The fraction of sp³-hybridized carbons (Fsp3) is 0.111. The zero-order valence-corrected chi connectivity index (χ0v) is 16.3. The van der Waals surface area contributed by atoms with Gasteiger partial charge in [0, 0.05) is 22.0 Å². The molecule has 10 heteroatoms. The number of anilines is 1. The number of thiazole rings is 1. The van der Waals surface area contributed by atoms with Crippen molar-refractivity contribution in [3.8, 4) is 22.8 Å². The van der Waals surface area contributed by atoms with Crippen LogP contribution in [-0.2, 0) is 0 Å². The van der Waals surface area contributed by atoms with Gasteiger partial charge in [0.05, 0.1) is 30.9 Å². The monoisotopic (exact) mass is 419 g/mol. The van der Waals surface area contributed by atoms with Crippen molar-refractivity contribution in [2.45, 2.75) is 0 Å². The van der Waals surface area contributed by atoms with Gasteiger partial charge >= 0.3 is 0 Å². The van der Waals surface area contributed by atoms with Crippen molar-refractivity contribution in [3.05, 3.63) is 62.5 Å². The van der Waals surface area contributed by atoms with Crippen LogP contribution in [0.5, 0.6) is 11.5 Å². The highest BCUT2D eigenvalue weighted by Crippen LogP contribution is 2.35. The molecule has 8 nitrogen and oxygen atoms in total. The van der Waals surface area contributed by atoms with Crippen molar-refractivity contribution >= 4 is 39.7 Å². The van der Waals surface area contributed by atoms with Crippen molar-refractivity contribution in [2.75, 3.05) is 19.5 Å². The van der Waals surface area contributed by atoms with Crippen LogP contribution in [0.3, 0.4) is 0 Å². The van der Waals surface area contributed by atoms with E-state index >= 15 is 0 Å². The van der Waals surface area contributed by atoms with Gasteiger partial charge in [-0.05, 0) is 6.07 Å². The van der Waals surface area contributed by atoms with Crippen molar-refractivity contribution in [1.29, 1.82) is 0 Å². The summed E-state index contributed by atoms with van der Waals surface area (Å²) in [5.41, 5.74) is 0.737. The third kappa shape index (κ3) is 3.90. The summed E-state index contributed by atoms with van der Waals surface area (Å²) in [6, 6.07) is 9.58. The number of aromatic nitrogens is 1. The van der Waals surface area contributed by atoms with Gasteiger partial charge in [-0.2, -0.15) is 0 Å². The Balaban J connectivity index is 1.91. The van der Waals surface area contributed by atoms with Crippen LogP contribution in [0, 0.1) is 10.1 Å². The number of nitro benzene ring substituents is 1. The van der Waals surface area contributed by atoms with E-state index in [9.17, 15) is 14.9 Å². The first kappa shape index (κ1) is 19.6. The minimum absolute atomic E-state index is 0.154. The number of halogens is 1. The smallest absolute Gasteiger partial charge is 0.286 e. The molecule has 0 saturated carbocycles. The maximum absolute atomic E-state index is 12.6.